The molecular weight excluding hydrogens is 478 g/mol. The Morgan fingerprint density at radius 1 is 0.605 bits per heavy atom. The van der Waals surface area contributed by atoms with Crippen LogP contribution in [0.1, 0.15) is 12.0 Å². The fourth-order valence-electron chi connectivity index (χ4n) is 3.71. The molecule has 7 nitrogen and oxygen atoms in total. The van der Waals surface area contributed by atoms with Crippen LogP contribution in [-0.2, 0) is 16.0 Å². The Labute approximate surface area is 222 Å². The molecule has 0 aromatic heterocycles. The summed E-state index contributed by atoms with van der Waals surface area (Å²) >= 11 is 0. The van der Waals surface area contributed by atoms with Crippen LogP contribution >= 0.6 is 0 Å². The lowest BCUT2D eigenvalue weighted by molar-refractivity contribution is -0.116. The summed E-state index contributed by atoms with van der Waals surface area (Å²) < 4.78 is 11.5. The van der Waals surface area contributed by atoms with Crippen molar-refractivity contribution in [3.8, 4) is 11.5 Å². The molecule has 0 aliphatic heterocycles. The van der Waals surface area contributed by atoms with Crippen LogP contribution in [-0.4, -0.2) is 31.6 Å². The third kappa shape index (κ3) is 8.71. The SMILES string of the molecule is O=C(CCc1ccccc1)Nc1ccc(NC(=O)CNc2ccccc2OCCOc2ccccc2)cc1. The second kappa shape index (κ2) is 14.1. The summed E-state index contributed by atoms with van der Waals surface area (Å²) in [4.78, 5) is 24.7. The molecule has 0 bridgehead atoms. The number of aryl methyl sites for hydroxylation is 1. The fraction of sp³-hybridized carbons (Fsp3) is 0.161. The predicted molar refractivity (Wildman–Crippen MR) is 151 cm³/mol. The maximum atomic E-state index is 12.5. The van der Waals surface area contributed by atoms with Crippen molar-refractivity contribution in [2.75, 3.05) is 35.7 Å². The highest BCUT2D eigenvalue weighted by Crippen LogP contribution is 2.23. The average molecular weight is 510 g/mol. The smallest absolute Gasteiger partial charge is 0.243 e. The van der Waals surface area contributed by atoms with E-state index in [9.17, 15) is 9.59 Å². The zero-order valence-corrected chi connectivity index (χ0v) is 21.1. The van der Waals surface area contributed by atoms with Gasteiger partial charge in [-0.1, -0.05) is 60.7 Å². The van der Waals surface area contributed by atoms with E-state index in [0.29, 0.717) is 43.2 Å². The summed E-state index contributed by atoms with van der Waals surface area (Å²) in [5.74, 6) is 1.18. The molecule has 0 heterocycles. The first-order valence-corrected chi connectivity index (χ1v) is 12.5. The molecular formula is C31H31N3O4. The Morgan fingerprint density at radius 2 is 1.18 bits per heavy atom. The van der Waals surface area contributed by atoms with Crippen LogP contribution in [0.4, 0.5) is 17.1 Å². The average Bonchev–Trinajstić information content (AvgIpc) is 2.96. The predicted octanol–water partition coefficient (Wildman–Crippen LogP) is 5.77. The normalized spacial score (nSPS) is 10.3. The zero-order chi connectivity index (χ0) is 26.4. The summed E-state index contributed by atoms with van der Waals surface area (Å²) in [5, 5.41) is 8.87. The molecule has 0 atom stereocenters. The van der Waals surface area contributed by atoms with Gasteiger partial charge in [0.1, 0.15) is 24.7 Å². The van der Waals surface area contributed by atoms with Gasteiger partial charge in [0.25, 0.3) is 0 Å². The Balaban J connectivity index is 1.18. The van der Waals surface area contributed by atoms with Gasteiger partial charge < -0.3 is 25.4 Å². The van der Waals surface area contributed by atoms with Gasteiger partial charge in [0.15, 0.2) is 0 Å². The van der Waals surface area contributed by atoms with Crippen LogP contribution in [0.15, 0.2) is 109 Å². The molecule has 0 radical (unpaired) electrons. The number of hydrogen-bond acceptors (Lipinski definition) is 5. The van der Waals surface area contributed by atoms with Gasteiger partial charge in [-0.25, -0.2) is 0 Å². The van der Waals surface area contributed by atoms with Crippen molar-refractivity contribution in [1.29, 1.82) is 0 Å². The van der Waals surface area contributed by atoms with E-state index in [2.05, 4.69) is 16.0 Å². The number of rotatable bonds is 13. The summed E-state index contributed by atoms with van der Waals surface area (Å²) in [6, 6.07) is 34.0. The highest BCUT2D eigenvalue weighted by Gasteiger charge is 2.08. The minimum atomic E-state index is -0.202. The first kappa shape index (κ1) is 26.3. The Bertz CT molecular complexity index is 1300. The molecule has 38 heavy (non-hydrogen) atoms. The van der Waals surface area contributed by atoms with Gasteiger partial charge >= 0.3 is 0 Å². The number of amides is 2. The summed E-state index contributed by atoms with van der Waals surface area (Å²) in [6.45, 7) is 0.843. The summed E-state index contributed by atoms with van der Waals surface area (Å²) in [5.41, 5.74) is 3.17. The van der Waals surface area contributed by atoms with Crippen molar-refractivity contribution < 1.29 is 19.1 Å². The van der Waals surface area contributed by atoms with Crippen LogP contribution in [0, 0.1) is 0 Å². The van der Waals surface area contributed by atoms with Crippen LogP contribution in [0.5, 0.6) is 11.5 Å². The van der Waals surface area contributed by atoms with E-state index in [0.717, 1.165) is 17.0 Å². The molecule has 0 unspecified atom stereocenters. The maximum Gasteiger partial charge on any atom is 0.243 e. The first-order chi connectivity index (χ1) is 18.7. The second-order valence-electron chi connectivity index (χ2n) is 8.52. The van der Waals surface area contributed by atoms with Gasteiger partial charge in [-0.15, -0.1) is 0 Å². The van der Waals surface area contributed by atoms with E-state index in [1.165, 1.54) is 0 Å². The van der Waals surface area contributed by atoms with Crippen molar-refractivity contribution >= 4 is 28.9 Å². The van der Waals surface area contributed by atoms with E-state index in [1.54, 1.807) is 24.3 Å². The molecule has 0 saturated heterocycles. The van der Waals surface area contributed by atoms with Gasteiger partial charge in [0.2, 0.25) is 11.8 Å². The van der Waals surface area contributed by atoms with Crippen LogP contribution in [0.3, 0.4) is 0 Å². The van der Waals surface area contributed by atoms with Crippen molar-refractivity contribution in [1.82, 2.24) is 0 Å². The molecule has 7 heteroatoms. The van der Waals surface area contributed by atoms with Gasteiger partial charge in [0.05, 0.1) is 12.2 Å². The van der Waals surface area contributed by atoms with E-state index in [1.807, 2.05) is 84.9 Å². The van der Waals surface area contributed by atoms with Gasteiger partial charge in [-0.2, -0.15) is 0 Å². The number of anilines is 3. The van der Waals surface area contributed by atoms with E-state index in [4.69, 9.17) is 9.47 Å². The Hall–Kier alpha value is -4.78. The maximum absolute atomic E-state index is 12.5. The van der Waals surface area contributed by atoms with Crippen molar-refractivity contribution in [3.05, 3.63) is 115 Å². The molecule has 194 valence electrons. The lowest BCUT2D eigenvalue weighted by atomic mass is 10.1. The monoisotopic (exact) mass is 509 g/mol. The van der Waals surface area contributed by atoms with Gasteiger partial charge in [0, 0.05) is 17.8 Å². The highest BCUT2D eigenvalue weighted by atomic mass is 16.5. The van der Waals surface area contributed by atoms with E-state index in [-0.39, 0.29) is 18.4 Å². The van der Waals surface area contributed by atoms with E-state index < -0.39 is 0 Å². The quantitative estimate of drug-likeness (QED) is 0.199. The second-order valence-corrected chi connectivity index (χ2v) is 8.52. The minimum absolute atomic E-state index is 0.0534. The zero-order valence-electron chi connectivity index (χ0n) is 21.1. The largest absolute Gasteiger partial charge is 0.490 e. The molecule has 4 rings (SSSR count). The number of para-hydroxylation sites is 3. The van der Waals surface area contributed by atoms with Crippen molar-refractivity contribution in [3.63, 3.8) is 0 Å². The number of ether oxygens (including phenoxy) is 2. The van der Waals surface area contributed by atoms with Crippen LogP contribution in [0.2, 0.25) is 0 Å². The molecule has 3 N–H and O–H groups in total. The third-order valence-corrected chi connectivity index (χ3v) is 5.62. The third-order valence-electron chi connectivity index (χ3n) is 5.62. The lowest BCUT2D eigenvalue weighted by Gasteiger charge is -2.14. The van der Waals surface area contributed by atoms with Crippen LogP contribution in [0.25, 0.3) is 0 Å². The number of carbonyl (C=O) groups is 2. The molecule has 0 saturated carbocycles. The molecule has 0 aliphatic carbocycles. The van der Waals surface area contributed by atoms with Gasteiger partial charge in [-0.3, -0.25) is 9.59 Å². The lowest BCUT2D eigenvalue weighted by Crippen LogP contribution is -2.22. The highest BCUT2D eigenvalue weighted by molar-refractivity contribution is 5.95. The first-order valence-electron chi connectivity index (χ1n) is 12.5. The number of nitrogens with one attached hydrogen (secondary N) is 3. The van der Waals surface area contributed by atoms with E-state index >= 15 is 0 Å². The summed E-state index contributed by atoms with van der Waals surface area (Å²) in [6.07, 6.45) is 1.09. The van der Waals surface area contributed by atoms with Crippen molar-refractivity contribution in [2.45, 2.75) is 12.8 Å². The number of carbonyl (C=O) groups excluding carboxylic acids is 2. The molecule has 4 aromatic carbocycles. The minimum Gasteiger partial charge on any atom is -0.490 e. The Morgan fingerprint density at radius 3 is 1.89 bits per heavy atom. The standard InChI is InChI=1S/C31H31N3O4/c35-30(20-15-24-9-3-1-4-10-24)33-25-16-18-26(19-17-25)34-31(36)23-32-28-13-7-8-14-29(28)38-22-21-37-27-11-5-2-6-12-27/h1-14,16-19,32H,15,20-23H2,(H,33,35)(H,34,36). The summed E-state index contributed by atoms with van der Waals surface area (Å²) in [7, 11) is 0. The number of benzene rings is 4. The molecule has 4 aromatic rings. The molecule has 0 aliphatic rings. The van der Waals surface area contributed by atoms with Gasteiger partial charge in [-0.05, 0) is 60.5 Å². The fourth-order valence-corrected chi connectivity index (χ4v) is 3.71. The van der Waals surface area contributed by atoms with Crippen LogP contribution < -0.4 is 25.4 Å². The molecule has 0 fully saturated rings. The molecule has 2 amide bonds. The Kier molecular flexibility index (Phi) is 9.74. The number of hydrogen-bond donors (Lipinski definition) is 3. The van der Waals surface area contributed by atoms with Crippen molar-refractivity contribution in [2.24, 2.45) is 0 Å². The topological polar surface area (TPSA) is 88.7 Å². The molecule has 0 spiro atoms.